The van der Waals surface area contributed by atoms with Gasteiger partial charge in [0.05, 0.1) is 5.69 Å². The number of rotatable bonds is 3. The molecule has 0 saturated carbocycles. The number of aliphatic hydroxyl groups excluding tert-OH is 1. The molecule has 0 bridgehead atoms. The van der Waals surface area contributed by atoms with Crippen LogP contribution < -0.4 is 0 Å². The van der Waals surface area contributed by atoms with Gasteiger partial charge in [0.1, 0.15) is 5.76 Å². The van der Waals surface area contributed by atoms with Crippen LogP contribution in [0, 0.1) is 16.9 Å². The van der Waals surface area contributed by atoms with Gasteiger partial charge in [-0.05, 0) is 47.1 Å². The van der Waals surface area contributed by atoms with Crippen LogP contribution in [0.4, 0.5) is 0 Å². The maximum atomic E-state index is 11.5. The van der Waals surface area contributed by atoms with Gasteiger partial charge in [-0.25, -0.2) is 0 Å². The summed E-state index contributed by atoms with van der Waals surface area (Å²) in [5.74, 6) is 0.104. The number of fused-ring (bicyclic) bond motifs is 4. The normalized spacial score (nSPS) is 13.1. The third-order valence-corrected chi connectivity index (χ3v) is 8.66. The number of hydrogen-bond donors (Lipinski definition) is 1. The molecule has 6 rings (SSSR count). The van der Waals surface area contributed by atoms with Crippen molar-refractivity contribution in [2.75, 3.05) is 0 Å². The SMILES string of the molecule is CC(C)(C)C(=O)/C=C(\O)C(C)(C)C.CC(C)(C)c1cc(-c2nccc3c2CCc2cc(-c4ccccc4)ncc2-3)[c-]c2ccccc12.[Ir]. The molecule has 1 N–H and O–H groups in total. The molecule has 251 valence electrons. The van der Waals surface area contributed by atoms with E-state index in [1.807, 2.05) is 60.0 Å². The molecule has 2 heterocycles. The summed E-state index contributed by atoms with van der Waals surface area (Å²) in [5, 5.41) is 12.0. The zero-order valence-corrected chi connectivity index (χ0v) is 32.1. The molecule has 0 atom stereocenters. The van der Waals surface area contributed by atoms with Crippen molar-refractivity contribution in [1.82, 2.24) is 9.97 Å². The van der Waals surface area contributed by atoms with E-state index < -0.39 is 5.41 Å². The summed E-state index contributed by atoms with van der Waals surface area (Å²) < 4.78 is 0. The van der Waals surface area contributed by atoms with Crippen molar-refractivity contribution in [3.63, 3.8) is 0 Å². The molecule has 0 unspecified atom stereocenters. The van der Waals surface area contributed by atoms with E-state index in [9.17, 15) is 9.90 Å². The molecule has 0 spiro atoms. The van der Waals surface area contributed by atoms with E-state index in [-0.39, 0.29) is 42.5 Å². The van der Waals surface area contributed by atoms with Crippen LogP contribution in [0.3, 0.4) is 0 Å². The van der Waals surface area contributed by atoms with E-state index in [1.165, 1.54) is 39.3 Å². The van der Waals surface area contributed by atoms with E-state index >= 15 is 0 Å². The van der Waals surface area contributed by atoms with Gasteiger partial charge in [0.15, 0.2) is 5.78 Å². The fraction of sp³-hybridized carbons (Fsp3) is 0.326. The molecule has 1 radical (unpaired) electrons. The fourth-order valence-electron chi connectivity index (χ4n) is 5.74. The van der Waals surface area contributed by atoms with Crippen molar-refractivity contribution in [3.05, 3.63) is 120 Å². The summed E-state index contributed by atoms with van der Waals surface area (Å²) in [6.07, 6.45) is 7.27. The summed E-state index contributed by atoms with van der Waals surface area (Å²) in [7, 11) is 0. The van der Waals surface area contributed by atoms with Gasteiger partial charge in [-0.1, -0.05) is 122 Å². The van der Waals surface area contributed by atoms with Crippen LogP contribution in [0.2, 0.25) is 0 Å². The Kier molecular flexibility index (Phi) is 11.0. The summed E-state index contributed by atoms with van der Waals surface area (Å²) in [5.41, 5.74) is 10.1. The minimum absolute atomic E-state index is 0. The second-order valence-corrected chi connectivity index (χ2v) is 15.6. The van der Waals surface area contributed by atoms with Gasteiger partial charge < -0.3 is 5.11 Å². The van der Waals surface area contributed by atoms with Crippen molar-refractivity contribution in [2.24, 2.45) is 10.8 Å². The zero-order chi connectivity index (χ0) is 34.1. The average molecular weight is 816 g/mol. The summed E-state index contributed by atoms with van der Waals surface area (Å²) in [6, 6.07) is 29.4. The molecular formula is C43H47IrN2O2-. The first-order chi connectivity index (χ1) is 22.0. The molecule has 3 aromatic carbocycles. The molecule has 1 aliphatic rings. The molecule has 1 aliphatic carbocycles. The van der Waals surface area contributed by atoms with Crippen LogP contribution in [0.15, 0.2) is 97.0 Å². The Bertz CT molecular complexity index is 1960. The summed E-state index contributed by atoms with van der Waals surface area (Å²) in [6.45, 7) is 17.9. The third kappa shape index (κ3) is 8.20. The molecule has 0 amide bonds. The Hall–Kier alpha value is -3.92. The van der Waals surface area contributed by atoms with Crippen LogP contribution in [0.5, 0.6) is 0 Å². The Balaban J connectivity index is 0.000000319. The third-order valence-electron chi connectivity index (χ3n) is 8.66. The number of aryl methyl sites for hydroxylation is 1. The first kappa shape index (κ1) is 36.9. The van der Waals surface area contributed by atoms with Crippen LogP contribution in [0.1, 0.15) is 79.0 Å². The van der Waals surface area contributed by atoms with E-state index in [4.69, 9.17) is 9.97 Å². The number of carbonyl (C=O) groups is 1. The standard InChI is InChI=1S/C32H27N2.C11H20O2.Ir/c1-32(2,3)29-18-24(17-22-11-7-8-12-25(22)29)31-27-14-13-23-19-30(21-9-5-4-6-10-21)34-20-28(23)26(27)15-16-33-31;1-10(2,3)8(12)7-9(13)11(4,5)6;/h4-12,15-16,18-20H,13-14H2,1-3H3;7,12H,1-6H3;/q-1;;/b;8-7-;. The number of aliphatic hydroxyl groups is 1. The topological polar surface area (TPSA) is 63.1 Å². The van der Waals surface area contributed by atoms with Crippen molar-refractivity contribution in [1.29, 1.82) is 0 Å². The monoisotopic (exact) mass is 816 g/mol. The average Bonchev–Trinajstić information content (AvgIpc) is 3.03. The fourth-order valence-corrected chi connectivity index (χ4v) is 5.74. The Morgan fingerprint density at radius 3 is 2.10 bits per heavy atom. The molecule has 5 heteroatoms. The van der Waals surface area contributed by atoms with E-state index in [1.54, 1.807) is 0 Å². The van der Waals surface area contributed by atoms with Crippen LogP contribution >= 0.6 is 0 Å². The van der Waals surface area contributed by atoms with Crippen molar-refractivity contribution >= 4 is 16.6 Å². The first-order valence-corrected chi connectivity index (χ1v) is 16.5. The van der Waals surface area contributed by atoms with E-state index in [2.05, 4.69) is 93.6 Å². The smallest absolute Gasteiger partial charge is 0.164 e. The Labute approximate surface area is 300 Å². The Morgan fingerprint density at radius 2 is 1.46 bits per heavy atom. The van der Waals surface area contributed by atoms with Gasteiger partial charge in [-0.3, -0.25) is 14.8 Å². The first-order valence-electron chi connectivity index (χ1n) is 16.5. The number of benzene rings is 3. The minimum atomic E-state index is -0.417. The maximum Gasteiger partial charge on any atom is 0.164 e. The van der Waals surface area contributed by atoms with Crippen LogP contribution in [0.25, 0.3) is 44.4 Å². The second-order valence-electron chi connectivity index (χ2n) is 15.6. The van der Waals surface area contributed by atoms with Gasteiger partial charge in [0.2, 0.25) is 0 Å². The van der Waals surface area contributed by atoms with E-state index in [0.29, 0.717) is 0 Å². The molecule has 0 saturated heterocycles. The number of hydrogen-bond acceptors (Lipinski definition) is 4. The molecule has 5 aromatic rings. The van der Waals surface area contributed by atoms with Crippen molar-refractivity contribution < 1.29 is 30.0 Å². The largest absolute Gasteiger partial charge is 0.512 e. The minimum Gasteiger partial charge on any atom is -0.512 e. The number of aromatic nitrogens is 2. The Morgan fingerprint density at radius 1 is 0.792 bits per heavy atom. The quantitative estimate of drug-likeness (QED) is 0.112. The predicted octanol–water partition coefficient (Wildman–Crippen LogP) is 10.9. The molecular weight excluding hydrogens is 769 g/mol. The molecule has 2 aromatic heterocycles. The van der Waals surface area contributed by atoms with Crippen molar-refractivity contribution in [2.45, 2.75) is 80.6 Å². The zero-order valence-electron chi connectivity index (χ0n) is 29.7. The van der Waals surface area contributed by atoms with Gasteiger partial charge >= 0.3 is 0 Å². The summed E-state index contributed by atoms with van der Waals surface area (Å²) >= 11 is 0. The number of carbonyl (C=O) groups excluding carboxylic acids is 1. The predicted molar refractivity (Wildman–Crippen MR) is 195 cm³/mol. The molecule has 4 nitrogen and oxygen atoms in total. The molecule has 48 heavy (non-hydrogen) atoms. The van der Waals surface area contributed by atoms with Gasteiger partial charge in [0, 0.05) is 66.2 Å². The number of ketones is 1. The molecule has 0 fully saturated rings. The number of pyridine rings is 2. The van der Waals surface area contributed by atoms with E-state index in [0.717, 1.165) is 40.7 Å². The van der Waals surface area contributed by atoms with Crippen LogP contribution in [-0.2, 0) is 43.2 Å². The van der Waals surface area contributed by atoms with Gasteiger partial charge in [0.25, 0.3) is 0 Å². The maximum absolute atomic E-state index is 11.5. The van der Waals surface area contributed by atoms with Gasteiger partial charge in [-0.2, -0.15) is 0 Å². The van der Waals surface area contributed by atoms with Gasteiger partial charge in [-0.15, -0.1) is 29.1 Å². The van der Waals surface area contributed by atoms with Crippen LogP contribution in [-0.4, -0.2) is 20.9 Å². The summed E-state index contributed by atoms with van der Waals surface area (Å²) in [4.78, 5) is 21.2. The number of nitrogens with zero attached hydrogens (tertiary/aromatic N) is 2. The molecule has 0 aliphatic heterocycles. The second kappa shape index (κ2) is 14.3. The number of allylic oxidation sites excluding steroid dienone is 2. The van der Waals surface area contributed by atoms with Crippen molar-refractivity contribution in [3.8, 4) is 33.6 Å².